The zero-order valence-electron chi connectivity index (χ0n) is 27.8. The highest BCUT2D eigenvalue weighted by molar-refractivity contribution is 7.89. The maximum absolute atomic E-state index is 13.3. The van der Waals surface area contributed by atoms with Gasteiger partial charge in [0.05, 0.1) is 21.5 Å². The van der Waals surface area contributed by atoms with Crippen molar-refractivity contribution in [3.05, 3.63) is 89.5 Å². The van der Waals surface area contributed by atoms with Crippen LogP contribution in [0.25, 0.3) is 10.9 Å². The molecular weight excluding hydrogens is 694 g/mol. The highest BCUT2D eigenvalue weighted by atomic mass is 32.2. The molecule has 4 aromatic rings. The minimum Gasteiger partial charge on any atom is -0.367 e. The first-order valence-electron chi connectivity index (χ1n) is 17.1. The van der Waals surface area contributed by atoms with E-state index in [0.717, 1.165) is 62.0 Å². The number of nitrogens with one attached hydrogen (secondary N) is 3. The predicted octanol–water partition coefficient (Wildman–Crippen LogP) is 7.94. The molecule has 0 atom stereocenters. The first kappa shape index (κ1) is 36.8. The smallest absolute Gasteiger partial charge is 0.367 e. The summed E-state index contributed by atoms with van der Waals surface area (Å²) in [5.74, 6) is 1.42. The van der Waals surface area contributed by atoms with Gasteiger partial charge >= 0.3 is 12.4 Å². The fourth-order valence-corrected chi connectivity index (χ4v) is 7.99. The standard InChI is InChI=1S/C36H40F6N6O2S/c37-35(38,39)27-18-28(36(40,41)42)20-30(19-27)51(49,50)44-22-25-12-10-24(11-13-25)21-43-34-46-32-9-5-4-8-31(32)33(47-34)45-29-14-16-48(17-15-29)23-26-6-2-1-3-7-26/h1-9,18-20,24-25,29,44H,10-17,21-23H2,(H2,43,45,46,47). The largest absolute Gasteiger partial charge is 0.416 e. The van der Waals surface area contributed by atoms with Crippen LogP contribution in [0.5, 0.6) is 0 Å². The summed E-state index contributed by atoms with van der Waals surface area (Å²) in [4.78, 5) is 11.0. The predicted molar refractivity (Wildman–Crippen MR) is 183 cm³/mol. The normalized spacial score (nSPS) is 19.6. The van der Waals surface area contributed by atoms with Gasteiger partial charge < -0.3 is 10.6 Å². The Morgan fingerprint density at radius 3 is 1.94 bits per heavy atom. The van der Waals surface area contributed by atoms with E-state index < -0.39 is 38.4 Å². The van der Waals surface area contributed by atoms with Gasteiger partial charge in [-0.3, -0.25) is 4.90 Å². The number of hydrogen-bond acceptors (Lipinski definition) is 7. The average molecular weight is 735 g/mol. The van der Waals surface area contributed by atoms with E-state index in [0.29, 0.717) is 25.3 Å². The summed E-state index contributed by atoms with van der Waals surface area (Å²) in [6.07, 6.45) is -5.53. The zero-order valence-corrected chi connectivity index (χ0v) is 28.6. The van der Waals surface area contributed by atoms with E-state index in [1.54, 1.807) is 0 Å². The Kier molecular flexibility index (Phi) is 11.1. The summed E-state index contributed by atoms with van der Waals surface area (Å²) in [7, 11) is -4.62. The quantitative estimate of drug-likeness (QED) is 0.135. The van der Waals surface area contributed by atoms with Crippen molar-refractivity contribution < 1.29 is 34.8 Å². The minimum absolute atomic E-state index is 0.0892. The van der Waals surface area contributed by atoms with Crippen molar-refractivity contribution >= 4 is 32.7 Å². The molecule has 0 radical (unpaired) electrons. The van der Waals surface area contributed by atoms with E-state index in [2.05, 4.69) is 44.5 Å². The number of hydrogen-bond donors (Lipinski definition) is 3. The first-order valence-corrected chi connectivity index (χ1v) is 18.5. The van der Waals surface area contributed by atoms with Crippen LogP contribution in [0.2, 0.25) is 0 Å². The molecule has 0 bridgehead atoms. The zero-order chi connectivity index (χ0) is 36.2. The van der Waals surface area contributed by atoms with Crippen molar-refractivity contribution in [2.75, 3.05) is 36.8 Å². The number of fused-ring (bicyclic) bond motifs is 1. The van der Waals surface area contributed by atoms with E-state index >= 15 is 0 Å². The second kappa shape index (κ2) is 15.3. The van der Waals surface area contributed by atoms with Gasteiger partial charge in [0.1, 0.15) is 5.82 Å². The second-order valence-electron chi connectivity index (χ2n) is 13.5. The van der Waals surface area contributed by atoms with Crippen molar-refractivity contribution in [3.63, 3.8) is 0 Å². The van der Waals surface area contributed by atoms with Gasteiger partial charge in [0.15, 0.2) is 0 Å². The van der Waals surface area contributed by atoms with Crippen molar-refractivity contribution in [2.45, 2.75) is 68.4 Å². The summed E-state index contributed by atoms with van der Waals surface area (Å²) in [6.45, 7) is 3.40. The van der Waals surface area contributed by atoms with E-state index in [4.69, 9.17) is 9.97 Å². The van der Waals surface area contributed by atoms with Crippen LogP contribution in [0.4, 0.5) is 38.1 Å². The Hall–Kier alpha value is -3.95. The van der Waals surface area contributed by atoms with Gasteiger partial charge in [-0.1, -0.05) is 42.5 Å². The monoisotopic (exact) mass is 734 g/mol. The number of nitrogens with zero attached hydrogens (tertiary/aromatic N) is 3. The number of aromatic nitrogens is 2. The molecule has 1 aliphatic heterocycles. The fraction of sp³-hybridized carbons (Fsp3) is 0.444. The fourth-order valence-electron chi connectivity index (χ4n) is 6.80. The summed E-state index contributed by atoms with van der Waals surface area (Å²) in [5, 5.41) is 7.99. The molecule has 3 N–H and O–H groups in total. The molecule has 6 rings (SSSR count). The van der Waals surface area contributed by atoms with Crippen LogP contribution in [-0.4, -0.2) is 55.5 Å². The lowest BCUT2D eigenvalue weighted by Gasteiger charge is -2.33. The lowest BCUT2D eigenvalue weighted by atomic mass is 9.82. The maximum atomic E-state index is 13.3. The molecule has 2 fully saturated rings. The molecule has 2 heterocycles. The number of para-hydroxylation sites is 1. The molecule has 1 aromatic heterocycles. The second-order valence-corrected chi connectivity index (χ2v) is 15.2. The lowest BCUT2D eigenvalue weighted by Crippen LogP contribution is -2.38. The number of piperidine rings is 1. The molecule has 274 valence electrons. The van der Waals surface area contributed by atoms with Crippen LogP contribution in [0.1, 0.15) is 55.2 Å². The van der Waals surface area contributed by atoms with Crippen LogP contribution < -0.4 is 15.4 Å². The Morgan fingerprint density at radius 1 is 0.725 bits per heavy atom. The van der Waals surface area contributed by atoms with Crippen molar-refractivity contribution in [1.82, 2.24) is 19.6 Å². The lowest BCUT2D eigenvalue weighted by molar-refractivity contribution is -0.143. The molecule has 8 nitrogen and oxygen atoms in total. The third-order valence-electron chi connectivity index (χ3n) is 9.73. The molecule has 1 saturated carbocycles. The molecule has 1 saturated heterocycles. The average Bonchev–Trinajstić information content (AvgIpc) is 3.11. The topological polar surface area (TPSA) is 99.2 Å². The van der Waals surface area contributed by atoms with Crippen LogP contribution in [0, 0.1) is 11.8 Å². The van der Waals surface area contributed by atoms with Gasteiger partial charge in [0, 0.05) is 44.2 Å². The molecular formula is C36H40F6N6O2S. The number of rotatable bonds is 11. The number of sulfonamides is 1. The number of likely N-dealkylation sites (tertiary alicyclic amines) is 1. The van der Waals surface area contributed by atoms with Gasteiger partial charge in [0.25, 0.3) is 0 Å². The molecule has 2 aliphatic rings. The molecule has 0 amide bonds. The highest BCUT2D eigenvalue weighted by Gasteiger charge is 2.38. The van der Waals surface area contributed by atoms with Crippen LogP contribution in [0.15, 0.2) is 77.7 Å². The van der Waals surface area contributed by atoms with Gasteiger partial charge in [-0.25, -0.2) is 18.1 Å². The van der Waals surface area contributed by atoms with Crippen LogP contribution in [-0.2, 0) is 28.9 Å². The Morgan fingerprint density at radius 2 is 1.31 bits per heavy atom. The summed E-state index contributed by atoms with van der Waals surface area (Å²) >= 11 is 0. The molecule has 0 spiro atoms. The van der Waals surface area contributed by atoms with E-state index in [-0.39, 0.29) is 42.6 Å². The Balaban J connectivity index is 1.01. The number of alkyl halides is 6. The number of anilines is 2. The van der Waals surface area contributed by atoms with E-state index in [1.807, 2.05) is 30.3 Å². The van der Waals surface area contributed by atoms with Crippen LogP contribution in [0.3, 0.4) is 0 Å². The Bertz CT molecular complexity index is 1860. The van der Waals surface area contributed by atoms with Crippen molar-refractivity contribution in [3.8, 4) is 0 Å². The first-order chi connectivity index (χ1) is 24.2. The van der Waals surface area contributed by atoms with Gasteiger partial charge in [-0.15, -0.1) is 0 Å². The van der Waals surface area contributed by atoms with Gasteiger partial charge in [0.2, 0.25) is 16.0 Å². The third-order valence-corrected chi connectivity index (χ3v) is 11.1. The number of benzene rings is 3. The molecule has 0 unspecified atom stereocenters. The van der Waals surface area contributed by atoms with E-state index in [1.165, 1.54) is 5.56 Å². The highest BCUT2D eigenvalue weighted by Crippen LogP contribution is 2.37. The van der Waals surface area contributed by atoms with Crippen LogP contribution >= 0.6 is 0 Å². The summed E-state index contributed by atoms with van der Waals surface area (Å²) < 4.78 is 107. The molecule has 3 aromatic carbocycles. The Labute approximate surface area is 293 Å². The molecule has 51 heavy (non-hydrogen) atoms. The summed E-state index contributed by atoms with van der Waals surface area (Å²) in [5.41, 5.74) is -1.23. The van der Waals surface area contributed by atoms with Crippen molar-refractivity contribution in [1.29, 1.82) is 0 Å². The maximum Gasteiger partial charge on any atom is 0.416 e. The molecule has 15 heteroatoms. The molecule has 1 aliphatic carbocycles. The van der Waals surface area contributed by atoms with Gasteiger partial charge in [-0.05, 0) is 86.3 Å². The van der Waals surface area contributed by atoms with Crippen molar-refractivity contribution in [2.24, 2.45) is 11.8 Å². The third kappa shape index (κ3) is 9.69. The minimum atomic E-state index is -5.14. The van der Waals surface area contributed by atoms with Gasteiger partial charge in [-0.2, -0.15) is 31.3 Å². The van der Waals surface area contributed by atoms with E-state index in [9.17, 15) is 34.8 Å². The number of halogens is 6. The summed E-state index contributed by atoms with van der Waals surface area (Å²) in [6, 6.07) is 18.9. The SMILES string of the molecule is O=S(=O)(NCC1CCC(CNc2nc(NC3CCN(Cc4ccccc4)CC3)c3ccccc3n2)CC1)c1cc(C(F)(F)F)cc(C(F)(F)F)c1.